The lowest BCUT2D eigenvalue weighted by Gasteiger charge is -2.26. The van der Waals surface area contributed by atoms with Crippen LogP contribution in [0.4, 0.5) is 4.79 Å². The first-order valence-corrected chi connectivity index (χ1v) is 11.8. The van der Waals surface area contributed by atoms with E-state index in [1.54, 1.807) is 0 Å². The standard InChI is InChI=1S/C27H36N2O5/c1-5-20(4)24(29-27(32)34-18-22-14-10-7-11-15-22)25(30)28-23(16-19(2)3)26(31)33-17-21-12-8-6-9-13-21/h6-15,19-20,23-24H,5,16-18H2,1-4H3,(H,28,30)(H,29,32)/t20-,23-,24+/m0/s1. The Labute approximate surface area is 202 Å². The Morgan fingerprint density at radius 2 is 1.32 bits per heavy atom. The van der Waals surface area contributed by atoms with Gasteiger partial charge in [0.1, 0.15) is 25.3 Å². The summed E-state index contributed by atoms with van der Waals surface area (Å²) in [5.41, 5.74) is 1.71. The van der Waals surface area contributed by atoms with Crippen molar-refractivity contribution in [2.24, 2.45) is 11.8 Å². The van der Waals surface area contributed by atoms with Crippen molar-refractivity contribution in [3.63, 3.8) is 0 Å². The first-order valence-electron chi connectivity index (χ1n) is 11.8. The summed E-state index contributed by atoms with van der Waals surface area (Å²) in [5, 5.41) is 5.46. The van der Waals surface area contributed by atoms with E-state index in [1.807, 2.05) is 88.4 Å². The van der Waals surface area contributed by atoms with Crippen molar-refractivity contribution >= 4 is 18.0 Å². The van der Waals surface area contributed by atoms with E-state index in [1.165, 1.54) is 0 Å². The van der Waals surface area contributed by atoms with Crippen LogP contribution >= 0.6 is 0 Å². The molecule has 0 saturated carbocycles. The molecule has 2 amide bonds. The van der Waals surface area contributed by atoms with E-state index in [0.29, 0.717) is 12.8 Å². The lowest BCUT2D eigenvalue weighted by molar-refractivity contribution is -0.150. The molecule has 2 aromatic carbocycles. The second-order valence-corrected chi connectivity index (χ2v) is 8.85. The molecular weight excluding hydrogens is 432 g/mol. The van der Waals surface area contributed by atoms with Crippen LogP contribution < -0.4 is 10.6 Å². The zero-order valence-electron chi connectivity index (χ0n) is 20.5. The Morgan fingerprint density at radius 3 is 1.82 bits per heavy atom. The van der Waals surface area contributed by atoms with E-state index in [0.717, 1.165) is 11.1 Å². The van der Waals surface area contributed by atoms with Gasteiger partial charge in [-0.25, -0.2) is 9.59 Å². The summed E-state index contributed by atoms with van der Waals surface area (Å²) in [6, 6.07) is 17.0. The molecule has 34 heavy (non-hydrogen) atoms. The van der Waals surface area contributed by atoms with Gasteiger partial charge in [-0.15, -0.1) is 0 Å². The molecule has 3 atom stereocenters. The summed E-state index contributed by atoms with van der Waals surface area (Å²) in [6.45, 7) is 7.96. The van der Waals surface area contributed by atoms with Gasteiger partial charge in [0, 0.05) is 0 Å². The minimum Gasteiger partial charge on any atom is -0.459 e. The van der Waals surface area contributed by atoms with Crippen molar-refractivity contribution in [2.45, 2.75) is 65.8 Å². The SMILES string of the molecule is CC[C@H](C)[C@@H](NC(=O)OCc1ccccc1)C(=O)N[C@@H](CC(C)C)C(=O)OCc1ccccc1. The molecule has 7 nitrogen and oxygen atoms in total. The molecule has 0 bridgehead atoms. The molecule has 0 aliphatic carbocycles. The normalized spacial score (nSPS) is 13.4. The highest BCUT2D eigenvalue weighted by Gasteiger charge is 2.31. The van der Waals surface area contributed by atoms with Gasteiger partial charge in [-0.1, -0.05) is 94.8 Å². The molecule has 0 radical (unpaired) electrons. The van der Waals surface area contributed by atoms with E-state index in [4.69, 9.17) is 9.47 Å². The van der Waals surface area contributed by atoms with Crippen molar-refractivity contribution in [1.29, 1.82) is 0 Å². The molecule has 0 saturated heterocycles. The summed E-state index contributed by atoms with van der Waals surface area (Å²) in [4.78, 5) is 38.3. The number of ether oxygens (including phenoxy) is 2. The van der Waals surface area contributed by atoms with E-state index in [2.05, 4.69) is 10.6 Å². The van der Waals surface area contributed by atoms with Gasteiger partial charge in [-0.3, -0.25) is 4.79 Å². The Hall–Kier alpha value is -3.35. The maximum absolute atomic E-state index is 13.1. The molecule has 0 aromatic heterocycles. The van der Waals surface area contributed by atoms with Crippen molar-refractivity contribution in [1.82, 2.24) is 10.6 Å². The van der Waals surface area contributed by atoms with Crippen molar-refractivity contribution in [2.75, 3.05) is 0 Å². The highest BCUT2D eigenvalue weighted by Crippen LogP contribution is 2.13. The van der Waals surface area contributed by atoms with Gasteiger partial charge in [0.15, 0.2) is 0 Å². The fourth-order valence-electron chi connectivity index (χ4n) is 3.37. The summed E-state index contributed by atoms with van der Waals surface area (Å²) >= 11 is 0. The Morgan fingerprint density at radius 1 is 0.794 bits per heavy atom. The molecule has 0 fully saturated rings. The number of amides is 2. The highest BCUT2D eigenvalue weighted by molar-refractivity contribution is 5.89. The molecule has 2 N–H and O–H groups in total. The minimum absolute atomic E-state index is 0.101. The number of carbonyl (C=O) groups is 3. The van der Waals surface area contributed by atoms with Crippen LogP contribution in [0.15, 0.2) is 60.7 Å². The van der Waals surface area contributed by atoms with Crippen LogP contribution in [0.25, 0.3) is 0 Å². The Balaban J connectivity index is 2.00. The van der Waals surface area contributed by atoms with Gasteiger partial charge in [-0.2, -0.15) is 0 Å². The summed E-state index contributed by atoms with van der Waals surface area (Å²) in [7, 11) is 0. The maximum Gasteiger partial charge on any atom is 0.408 e. The molecule has 0 aliphatic rings. The molecule has 0 aliphatic heterocycles. The van der Waals surface area contributed by atoms with Crippen LogP contribution in [0, 0.1) is 11.8 Å². The van der Waals surface area contributed by atoms with Gasteiger partial charge >= 0.3 is 12.1 Å². The zero-order valence-corrected chi connectivity index (χ0v) is 20.5. The fraction of sp³-hybridized carbons (Fsp3) is 0.444. The second kappa shape index (κ2) is 14.0. The molecule has 184 valence electrons. The van der Waals surface area contributed by atoms with Gasteiger partial charge in [0.05, 0.1) is 0 Å². The lowest BCUT2D eigenvalue weighted by Crippen LogP contribution is -2.54. The number of hydrogen-bond donors (Lipinski definition) is 2. The Bertz CT molecular complexity index is 902. The quantitative estimate of drug-likeness (QED) is 0.444. The highest BCUT2D eigenvalue weighted by atomic mass is 16.5. The smallest absolute Gasteiger partial charge is 0.408 e. The number of rotatable bonds is 12. The molecule has 2 aromatic rings. The van der Waals surface area contributed by atoms with Crippen LogP contribution in [0.3, 0.4) is 0 Å². The molecule has 0 spiro atoms. The summed E-state index contributed by atoms with van der Waals surface area (Å²) in [5.74, 6) is -0.946. The van der Waals surface area contributed by atoms with Crippen LogP contribution in [0.5, 0.6) is 0 Å². The minimum atomic E-state index is -0.843. The van der Waals surface area contributed by atoms with Gasteiger partial charge in [0.25, 0.3) is 0 Å². The van der Waals surface area contributed by atoms with Gasteiger partial charge < -0.3 is 20.1 Å². The van der Waals surface area contributed by atoms with Gasteiger partial charge in [-0.05, 0) is 29.4 Å². The number of nitrogens with one attached hydrogen (secondary N) is 2. The fourth-order valence-corrected chi connectivity index (χ4v) is 3.37. The number of alkyl carbamates (subject to hydrolysis) is 1. The van der Waals surface area contributed by atoms with Crippen LogP contribution in [-0.4, -0.2) is 30.1 Å². The Kier molecular flexibility index (Phi) is 11.1. The molecule has 0 heterocycles. The van der Waals surface area contributed by atoms with E-state index >= 15 is 0 Å². The van der Waals surface area contributed by atoms with Crippen molar-refractivity contribution < 1.29 is 23.9 Å². The molecule has 0 unspecified atom stereocenters. The predicted molar refractivity (Wildman–Crippen MR) is 131 cm³/mol. The maximum atomic E-state index is 13.1. The average Bonchev–Trinajstić information content (AvgIpc) is 2.84. The van der Waals surface area contributed by atoms with E-state index < -0.39 is 30.1 Å². The first kappa shape index (κ1) is 26.9. The van der Waals surface area contributed by atoms with Crippen LogP contribution in [-0.2, 0) is 32.3 Å². The van der Waals surface area contributed by atoms with Gasteiger partial charge in [0.2, 0.25) is 5.91 Å². The van der Waals surface area contributed by atoms with Crippen LogP contribution in [0.2, 0.25) is 0 Å². The predicted octanol–water partition coefficient (Wildman–Crippen LogP) is 4.60. The number of hydrogen-bond acceptors (Lipinski definition) is 5. The second-order valence-electron chi connectivity index (χ2n) is 8.85. The summed E-state index contributed by atoms with van der Waals surface area (Å²) < 4.78 is 10.7. The summed E-state index contributed by atoms with van der Waals surface area (Å²) in [6.07, 6.45) is 0.395. The topological polar surface area (TPSA) is 93.7 Å². The van der Waals surface area contributed by atoms with Crippen LogP contribution in [0.1, 0.15) is 51.7 Å². The number of benzene rings is 2. The third-order valence-electron chi connectivity index (χ3n) is 5.51. The molecule has 2 rings (SSSR count). The van der Waals surface area contributed by atoms with E-state index in [-0.39, 0.29) is 25.0 Å². The average molecular weight is 469 g/mol. The first-order chi connectivity index (χ1) is 16.3. The number of carbonyl (C=O) groups excluding carboxylic acids is 3. The third-order valence-corrected chi connectivity index (χ3v) is 5.51. The molecule has 7 heteroatoms. The number of esters is 1. The van der Waals surface area contributed by atoms with Crippen molar-refractivity contribution in [3.8, 4) is 0 Å². The lowest BCUT2D eigenvalue weighted by atomic mass is 9.97. The molecular formula is C27H36N2O5. The monoisotopic (exact) mass is 468 g/mol. The van der Waals surface area contributed by atoms with E-state index in [9.17, 15) is 14.4 Å². The zero-order chi connectivity index (χ0) is 24.9. The van der Waals surface area contributed by atoms with Crippen molar-refractivity contribution in [3.05, 3.63) is 71.8 Å². The largest absolute Gasteiger partial charge is 0.459 e. The third kappa shape index (κ3) is 9.25.